The van der Waals surface area contributed by atoms with Gasteiger partial charge < -0.3 is 15.0 Å². The van der Waals surface area contributed by atoms with Crippen molar-refractivity contribution >= 4 is 5.91 Å². The summed E-state index contributed by atoms with van der Waals surface area (Å²) in [6.45, 7) is 0. The summed E-state index contributed by atoms with van der Waals surface area (Å²) in [7, 11) is 1.34. The van der Waals surface area contributed by atoms with E-state index in [1.165, 1.54) is 13.2 Å². The molecule has 1 fully saturated rings. The van der Waals surface area contributed by atoms with E-state index in [-0.39, 0.29) is 0 Å². The van der Waals surface area contributed by atoms with Gasteiger partial charge >= 0.3 is 6.18 Å². The Kier molecular flexibility index (Phi) is 4.56. The van der Waals surface area contributed by atoms with E-state index in [0.717, 1.165) is 22.7 Å². The quantitative estimate of drug-likeness (QED) is 0.854. The van der Waals surface area contributed by atoms with Gasteiger partial charge in [-0.15, -0.1) is 0 Å². The van der Waals surface area contributed by atoms with Gasteiger partial charge in [0.25, 0.3) is 0 Å². The molecule has 0 radical (unpaired) electrons. The van der Waals surface area contributed by atoms with Crippen LogP contribution in [0.3, 0.4) is 0 Å². The van der Waals surface area contributed by atoms with Crippen molar-refractivity contribution < 1.29 is 23.1 Å². The predicted octanol–water partition coefficient (Wildman–Crippen LogP) is 2.76. The summed E-state index contributed by atoms with van der Waals surface area (Å²) >= 11 is 0. The molecule has 26 heavy (non-hydrogen) atoms. The monoisotopic (exact) mass is 367 g/mol. The molecule has 2 N–H and O–H groups in total. The van der Waals surface area contributed by atoms with E-state index >= 15 is 0 Å². The zero-order valence-electron chi connectivity index (χ0n) is 14.3. The fourth-order valence-electron chi connectivity index (χ4n) is 3.39. The number of aromatic nitrogens is 2. The molecule has 0 bridgehead atoms. The standard InChI is InChI=1S/C18H20F3N3O2/c1-24-11-10-22-15(24)17(26,18(19,20)21)12-14(25)23-16(8-5-9-16)13-6-3-2-4-7-13/h2-4,6-7,10-11,26H,5,8-9,12H2,1H3,(H,23,25)/t17-/m1/s1. The first-order chi connectivity index (χ1) is 12.2. The van der Waals surface area contributed by atoms with E-state index in [9.17, 15) is 23.1 Å². The van der Waals surface area contributed by atoms with Gasteiger partial charge in [-0.3, -0.25) is 4.79 Å². The smallest absolute Gasteiger partial charge is 0.374 e. The molecule has 0 unspecified atom stereocenters. The van der Waals surface area contributed by atoms with E-state index in [2.05, 4.69) is 10.3 Å². The number of rotatable bonds is 5. The lowest BCUT2D eigenvalue weighted by molar-refractivity contribution is -0.271. The molecule has 0 spiro atoms. The number of benzene rings is 1. The van der Waals surface area contributed by atoms with Crippen LogP contribution in [0.1, 0.15) is 37.1 Å². The van der Waals surface area contributed by atoms with E-state index in [4.69, 9.17) is 0 Å². The number of carbonyl (C=O) groups is 1. The summed E-state index contributed by atoms with van der Waals surface area (Å²) in [6.07, 6.45) is -1.56. The lowest BCUT2D eigenvalue weighted by Crippen LogP contribution is -2.54. The lowest BCUT2D eigenvalue weighted by atomic mass is 9.71. The average molecular weight is 367 g/mol. The predicted molar refractivity (Wildman–Crippen MR) is 87.9 cm³/mol. The second-order valence-corrected chi connectivity index (χ2v) is 6.75. The highest BCUT2D eigenvalue weighted by Crippen LogP contribution is 2.43. The Morgan fingerprint density at radius 2 is 1.96 bits per heavy atom. The third kappa shape index (κ3) is 3.09. The minimum absolute atomic E-state index is 0.609. The van der Waals surface area contributed by atoms with Crippen LogP contribution in [0.4, 0.5) is 13.2 Å². The van der Waals surface area contributed by atoms with Crippen LogP contribution in [0, 0.1) is 0 Å². The Morgan fingerprint density at radius 1 is 1.31 bits per heavy atom. The molecule has 1 aliphatic carbocycles. The molecule has 0 saturated heterocycles. The Balaban J connectivity index is 1.84. The Labute approximate surface area is 148 Å². The molecule has 1 aliphatic rings. The number of hydrogen-bond donors (Lipinski definition) is 2. The Hall–Kier alpha value is -2.35. The SMILES string of the molecule is Cn1ccnc1[C@](O)(CC(=O)NC1(c2ccccc2)CCC1)C(F)(F)F. The lowest BCUT2D eigenvalue weighted by Gasteiger charge is -2.43. The molecule has 0 aliphatic heterocycles. The van der Waals surface area contributed by atoms with Crippen molar-refractivity contribution in [3.05, 3.63) is 54.1 Å². The zero-order valence-corrected chi connectivity index (χ0v) is 14.3. The first-order valence-corrected chi connectivity index (χ1v) is 8.31. The molecule has 1 saturated carbocycles. The van der Waals surface area contributed by atoms with E-state index < -0.39 is 35.5 Å². The van der Waals surface area contributed by atoms with Crippen molar-refractivity contribution in [3.63, 3.8) is 0 Å². The van der Waals surface area contributed by atoms with Gasteiger partial charge in [0.1, 0.15) is 0 Å². The van der Waals surface area contributed by atoms with Gasteiger partial charge in [-0.1, -0.05) is 30.3 Å². The summed E-state index contributed by atoms with van der Waals surface area (Å²) in [4.78, 5) is 16.1. The molecule has 8 heteroatoms. The first kappa shape index (κ1) is 18.4. The number of imidazole rings is 1. The number of amides is 1. The van der Waals surface area contributed by atoms with Crippen LogP contribution in [0.5, 0.6) is 0 Å². The summed E-state index contributed by atoms with van der Waals surface area (Å²) in [6, 6.07) is 9.16. The van der Waals surface area contributed by atoms with E-state index in [1.54, 1.807) is 0 Å². The largest absolute Gasteiger partial charge is 0.425 e. The third-order valence-corrected chi connectivity index (χ3v) is 4.99. The number of alkyl halides is 3. The van der Waals surface area contributed by atoms with Gasteiger partial charge in [-0.05, 0) is 24.8 Å². The zero-order chi connectivity index (χ0) is 19.0. The minimum Gasteiger partial charge on any atom is -0.374 e. The molecule has 1 amide bonds. The highest BCUT2D eigenvalue weighted by atomic mass is 19.4. The highest BCUT2D eigenvalue weighted by molar-refractivity contribution is 5.78. The van der Waals surface area contributed by atoms with Crippen LogP contribution in [0.25, 0.3) is 0 Å². The topological polar surface area (TPSA) is 67.1 Å². The molecule has 3 rings (SSSR count). The van der Waals surface area contributed by atoms with Crippen molar-refractivity contribution in [3.8, 4) is 0 Å². The normalized spacial score (nSPS) is 18.7. The molecule has 2 aromatic rings. The Morgan fingerprint density at radius 3 is 2.42 bits per heavy atom. The van der Waals surface area contributed by atoms with Crippen molar-refractivity contribution in [2.75, 3.05) is 0 Å². The van der Waals surface area contributed by atoms with Crippen molar-refractivity contribution in [2.45, 2.75) is 43.0 Å². The van der Waals surface area contributed by atoms with Gasteiger partial charge in [0.15, 0.2) is 5.82 Å². The van der Waals surface area contributed by atoms with Gasteiger partial charge in [0.2, 0.25) is 11.5 Å². The first-order valence-electron chi connectivity index (χ1n) is 8.31. The second kappa shape index (κ2) is 6.42. The summed E-state index contributed by atoms with van der Waals surface area (Å²) in [5, 5.41) is 13.1. The van der Waals surface area contributed by atoms with Crippen LogP contribution in [0.15, 0.2) is 42.7 Å². The van der Waals surface area contributed by atoms with E-state index in [0.29, 0.717) is 12.8 Å². The van der Waals surface area contributed by atoms with Crippen LogP contribution < -0.4 is 5.32 Å². The molecular formula is C18H20F3N3O2. The highest BCUT2D eigenvalue weighted by Gasteiger charge is 2.59. The van der Waals surface area contributed by atoms with Crippen LogP contribution in [-0.4, -0.2) is 26.7 Å². The summed E-state index contributed by atoms with van der Waals surface area (Å²) in [5.74, 6) is -1.47. The molecule has 1 heterocycles. The number of halogens is 3. The third-order valence-electron chi connectivity index (χ3n) is 4.99. The molecule has 1 aromatic heterocycles. The maximum atomic E-state index is 13.6. The molecule has 5 nitrogen and oxygen atoms in total. The molecular weight excluding hydrogens is 347 g/mol. The number of nitrogens with one attached hydrogen (secondary N) is 1. The van der Waals surface area contributed by atoms with Crippen molar-refractivity contribution in [1.29, 1.82) is 0 Å². The van der Waals surface area contributed by atoms with Crippen LogP contribution >= 0.6 is 0 Å². The maximum absolute atomic E-state index is 13.6. The number of aliphatic hydroxyl groups is 1. The van der Waals surface area contributed by atoms with E-state index in [1.807, 2.05) is 30.3 Å². The van der Waals surface area contributed by atoms with Crippen LogP contribution in [0.2, 0.25) is 0 Å². The fraction of sp³-hybridized carbons (Fsp3) is 0.444. The van der Waals surface area contributed by atoms with Crippen molar-refractivity contribution in [2.24, 2.45) is 7.05 Å². The summed E-state index contributed by atoms with van der Waals surface area (Å²) in [5.41, 5.74) is -3.17. The number of aryl methyl sites for hydroxylation is 1. The number of nitrogens with zero attached hydrogens (tertiary/aromatic N) is 2. The average Bonchev–Trinajstić information content (AvgIpc) is 2.97. The molecule has 1 atom stereocenters. The van der Waals surface area contributed by atoms with Crippen LogP contribution in [-0.2, 0) is 23.0 Å². The maximum Gasteiger partial charge on any atom is 0.425 e. The van der Waals surface area contributed by atoms with Gasteiger partial charge in [0.05, 0.1) is 12.0 Å². The number of hydrogen-bond acceptors (Lipinski definition) is 3. The fourth-order valence-corrected chi connectivity index (χ4v) is 3.39. The summed E-state index contributed by atoms with van der Waals surface area (Å²) < 4.78 is 41.8. The van der Waals surface area contributed by atoms with Gasteiger partial charge in [-0.25, -0.2) is 4.98 Å². The Bertz CT molecular complexity index is 784. The minimum atomic E-state index is -5.04. The molecule has 1 aromatic carbocycles. The van der Waals surface area contributed by atoms with Gasteiger partial charge in [0, 0.05) is 19.4 Å². The van der Waals surface area contributed by atoms with Crippen molar-refractivity contribution in [1.82, 2.24) is 14.9 Å². The molecule has 140 valence electrons. The van der Waals surface area contributed by atoms with Gasteiger partial charge in [-0.2, -0.15) is 13.2 Å². The number of carbonyl (C=O) groups excluding carboxylic acids is 1. The second-order valence-electron chi connectivity index (χ2n) is 6.75.